The molecule has 1 aromatic rings. The molecule has 1 amide bonds. The Kier molecular flexibility index (Phi) is 5.12. The lowest BCUT2D eigenvalue weighted by atomic mass is 10.1. The maximum atomic E-state index is 11.4. The second kappa shape index (κ2) is 6.37. The molecule has 0 aliphatic heterocycles. The first-order valence-electron chi connectivity index (χ1n) is 5.77. The van der Waals surface area contributed by atoms with Crippen LogP contribution in [0.15, 0.2) is 30.3 Å². The van der Waals surface area contributed by atoms with Gasteiger partial charge in [-0.2, -0.15) is 0 Å². The molecule has 0 heterocycles. The number of nitrogens with two attached hydrogens (primary N) is 1. The van der Waals surface area contributed by atoms with E-state index in [1.165, 1.54) is 5.56 Å². The van der Waals surface area contributed by atoms with Crippen LogP contribution in [0.1, 0.15) is 18.5 Å². The van der Waals surface area contributed by atoms with Gasteiger partial charge in [0.15, 0.2) is 0 Å². The van der Waals surface area contributed by atoms with Crippen LogP contribution in [0.2, 0.25) is 0 Å². The molecule has 0 saturated heterocycles. The van der Waals surface area contributed by atoms with E-state index in [9.17, 15) is 4.79 Å². The highest BCUT2D eigenvalue weighted by Gasteiger charge is 2.15. The van der Waals surface area contributed by atoms with Crippen molar-refractivity contribution in [1.29, 1.82) is 0 Å². The lowest BCUT2D eigenvalue weighted by Crippen LogP contribution is -2.42. The Morgan fingerprint density at radius 1 is 1.35 bits per heavy atom. The molecule has 2 atom stereocenters. The minimum absolute atomic E-state index is 0.118. The summed E-state index contributed by atoms with van der Waals surface area (Å²) in [6.07, 6.45) is 0. The molecule has 0 bridgehead atoms. The van der Waals surface area contributed by atoms with Gasteiger partial charge in [0.05, 0.1) is 12.1 Å². The molecule has 2 unspecified atom stereocenters. The van der Waals surface area contributed by atoms with Crippen molar-refractivity contribution in [3.8, 4) is 0 Å². The maximum Gasteiger partial charge on any atom is 0.236 e. The SMILES string of the molecule is CC(N)C(=O)NCC(c1ccccc1)N(C)C. The second-order valence-corrected chi connectivity index (χ2v) is 4.42. The summed E-state index contributed by atoms with van der Waals surface area (Å²) >= 11 is 0. The molecular formula is C13H21N3O. The molecule has 0 aliphatic carbocycles. The number of hydrogen-bond acceptors (Lipinski definition) is 3. The highest BCUT2D eigenvalue weighted by atomic mass is 16.2. The number of amides is 1. The third kappa shape index (κ3) is 4.17. The van der Waals surface area contributed by atoms with Crippen molar-refractivity contribution < 1.29 is 4.79 Å². The minimum Gasteiger partial charge on any atom is -0.353 e. The van der Waals surface area contributed by atoms with Crippen molar-refractivity contribution in [3.63, 3.8) is 0 Å². The van der Waals surface area contributed by atoms with Crippen LogP contribution in [-0.2, 0) is 4.79 Å². The van der Waals surface area contributed by atoms with Crippen molar-refractivity contribution in [2.75, 3.05) is 20.6 Å². The first kappa shape index (κ1) is 13.7. The Labute approximate surface area is 103 Å². The van der Waals surface area contributed by atoms with E-state index in [-0.39, 0.29) is 11.9 Å². The molecule has 17 heavy (non-hydrogen) atoms. The summed E-state index contributed by atoms with van der Waals surface area (Å²) in [4.78, 5) is 13.5. The number of hydrogen-bond donors (Lipinski definition) is 2. The fourth-order valence-electron chi connectivity index (χ4n) is 1.63. The van der Waals surface area contributed by atoms with Gasteiger partial charge >= 0.3 is 0 Å². The van der Waals surface area contributed by atoms with Crippen LogP contribution in [0.5, 0.6) is 0 Å². The molecular weight excluding hydrogens is 214 g/mol. The normalized spacial score (nSPS) is 14.4. The largest absolute Gasteiger partial charge is 0.353 e. The number of carbonyl (C=O) groups excluding carboxylic acids is 1. The Morgan fingerprint density at radius 3 is 2.41 bits per heavy atom. The summed E-state index contributed by atoms with van der Waals surface area (Å²) in [5.74, 6) is -0.118. The van der Waals surface area contributed by atoms with Gasteiger partial charge in [-0.15, -0.1) is 0 Å². The lowest BCUT2D eigenvalue weighted by molar-refractivity contribution is -0.122. The van der Waals surface area contributed by atoms with Gasteiger partial charge in [0.1, 0.15) is 0 Å². The Hall–Kier alpha value is -1.39. The Bertz CT molecular complexity index is 349. The van der Waals surface area contributed by atoms with Crippen molar-refractivity contribution in [2.45, 2.75) is 19.0 Å². The van der Waals surface area contributed by atoms with E-state index in [0.29, 0.717) is 6.54 Å². The topological polar surface area (TPSA) is 58.4 Å². The number of likely N-dealkylation sites (N-methyl/N-ethyl adjacent to an activating group) is 1. The smallest absolute Gasteiger partial charge is 0.236 e. The van der Waals surface area contributed by atoms with Gasteiger partial charge in [-0.3, -0.25) is 4.79 Å². The van der Waals surface area contributed by atoms with Crippen molar-refractivity contribution in [3.05, 3.63) is 35.9 Å². The summed E-state index contributed by atoms with van der Waals surface area (Å²) in [7, 11) is 3.99. The van der Waals surface area contributed by atoms with E-state index < -0.39 is 6.04 Å². The molecule has 94 valence electrons. The van der Waals surface area contributed by atoms with Crippen LogP contribution in [0, 0.1) is 0 Å². The quantitative estimate of drug-likeness (QED) is 0.792. The highest BCUT2D eigenvalue weighted by molar-refractivity contribution is 5.80. The Balaban J connectivity index is 2.66. The molecule has 0 spiro atoms. The number of nitrogens with zero attached hydrogens (tertiary/aromatic N) is 1. The molecule has 0 radical (unpaired) electrons. The van der Waals surface area contributed by atoms with Gasteiger partial charge in [-0.1, -0.05) is 30.3 Å². The van der Waals surface area contributed by atoms with E-state index in [2.05, 4.69) is 22.3 Å². The summed E-state index contributed by atoms with van der Waals surface area (Å²) in [6, 6.07) is 9.80. The van der Waals surface area contributed by atoms with E-state index >= 15 is 0 Å². The van der Waals surface area contributed by atoms with Crippen LogP contribution in [0.4, 0.5) is 0 Å². The van der Waals surface area contributed by atoms with E-state index in [1.807, 2.05) is 32.3 Å². The van der Waals surface area contributed by atoms with E-state index in [4.69, 9.17) is 5.73 Å². The predicted molar refractivity (Wildman–Crippen MR) is 69.5 cm³/mol. The van der Waals surface area contributed by atoms with Crippen LogP contribution in [0.25, 0.3) is 0 Å². The summed E-state index contributed by atoms with van der Waals surface area (Å²) in [5, 5.41) is 2.86. The third-order valence-corrected chi connectivity index (χ3v) is 2.69. The molecule has 0 saturated carbocycles. The van der Waals surface area contributed by atoms with Crippen molar-refractivity contribution in [1.82, 2.24) is 10.2 Å². The molecule has 0 aromatic heterocycles. The number of carbonyl (C=O) groups is 1. The number of rotatable bonds is 5. The average Bonchev–Trinajstić information content (AvgIpc) is 2.29. The molecule has 1 aromatic carbocycles. The van der Waals surface area contributed by atoms with E-state index in [0.717, 1.165) is 0 Å². The maximum absolute atomic E-state index is 11.4. The second-order valence-electron chi connectivity index (χ2n) is 4.42. The van der Waals surface area contributed by atoms with Gasteiger partial charge < -0.3 is 16.0 Å². The zero-order valence-electron chi connectivity index (χ0n) is 10.7. The predicted octanol–water partition coefficient (Wildman–Crippen LogP) is 0.753. The monoisotopic (exact) mass is 235 g/mol. The van der Waals surface area contributed by atoms with Gasteiger partial charge in [-0.05, 0) is 26.6 Å². The third-order valence-electron chi connectivity index (χ3n) is 2.69. The lowest BCUT2D eigenvalue weighted by Gasteiger charge is -2.25. The van der Waals surface area contributed by atoms with Crippen molar-refractivity contribution in [2.24, 2.45) is 5.73 Å². The van der Waals surface area contributed by atoms with Gasteiger partial charge in [0.25, 0.3) is 0 Å². The molecule has 3 N–H and O–H groups in total. The Morgan fingerprint density at radius 2 is 1.94 bits per heavy atom. The standard InChI is InChI=1S/C13H21N3O/c1-10(14)13(17)15-9-12(16(2)3)11-7-5-4-6-8-11/h4-8,10,12H,9,14H2,1-3H3,(H,15,17). The molecule has 4 heteroatoms. The fraction of sp³-hybridized carbons (Fsp3) is 0.462. The summed E-state index contributed by atoms with van der Waals surface area (Å²) < 4.78 is 0. The number of benzene rings is 1. The van der Waals surface area contributed by atoms with Crippen LogP contribution >= 0.6 is 0 Å². The molecule has 1 rings (SSSR count). The van der Waals surface area contributed by atoms with Crippen LogP contribution in [-0.4, -0.2) is 37.5 Å². The summed E-state index contributed by atoms with van der Waals surface area (Å²) in [6.45, 7) is 2.25. The van der Waals surface area contributed by atoms with Gasteiger partial charge in [-0.25, -0.2) is 0 Å². The zero-order chi connectivity index (χ0) is 12.8. The molecule has 0 aliphatic rings. The van der Waals surface area contributed by atoms with Gasteiger partial charge in [0, 0.05) is 6.54 Å². The number of nitrogens with one attached hydrogen (secondary N) is 1. The average molecular weight is 235 g/mol. The van der Waals surface area contributed by atoms with Gasteiger partial charge in [0.2, 0.25) is 5.91 Å². The van der Waals surface area contributed by atoms with E-state index in [1.54, 1.807) is 6.92 Å². The first-order valence-corrected chi connectivity index (χ1v) is 5.77. The summed E-state index contributed by atoms with van der Waals surface area (Å²) in [5.41, 5.74) is 6.69. The zero-order valence-corrected chi connectivity index (χ0v) is 10.7. The van der Waals surface area contributed by atoms with Crippen molar-refractivity contribution >= 4 is 5.91 Å². The van der Waals surface area contributed by atoms with Crippen LogP contribution < -0.4 is 11.1 Å². The fourth-order valence-corrected chi connectivity index (χ4v) is 1.63. The molecule has 4 nitrogen and oxygen atoms in total. The van der Waals surface area contributed by atoms with Crippen LogP contribution in [0.3, 0.4) is 0 Å². The first-order chi connectivity index (χ1) is 8.02. The minimum atomic E-state index is -0.464. The molecule has 0 fully saturated rings. The highest BCUT2D eigenvalue weighted by Crippen LogP contribution is 2.16.